The molecule has 0 aromatic heterocycles. The fraction of sp³-hybridized carbons (Fsp3) is 0.333. The third-order valence-corrected chi connectivity index (χ3v) is 4.06. The summed E-state index contributed by atoms with van der Waals surface area (Å²) in [4.78, 5) is 0. The molecule has 1 unspecified atom stereocenters. The van der Waals surface area contributed by atoms with Crippen molar-refractivity contribution in [2.24, 2.45) is 5.92 Å². The molecule has 2 nitrogen and oxygen atoms in total. The van der Waals surface area contributed by atoms with Gasteiger partial charge in [0.2, 0.25) is 0 Å². The smallest absolute Gasteiger partial charge is 0.128 e. The first kappa shape index (κ1) is 14.2. The SMILES string of the molecule is OCc1cc(CNC(c2ccccc2)C2CC2)ccc1F. The zero-order valence-electron chi connectivity index (χ0n) is 11.9. The maximum absolute atomic E-state index is 13.4. The van der Waals surface area contributed by atoms with Crippen LogP contribution in [0.2, 0.25) is 0 Å². The zero-order chi connectivity index (χ0) is 14.7. The Morgan fingerprint density at radius 2 is 1.90 bits per heavy atom. The van der Waals surface area contributed by atoms with Gasteiger partial charge in [-0.15, -0.1) is 0 Å². The Morgan fingerprint density at radius 1 is 1.14 bits per heavy atom. The van der Waals surface area contributed by atoms with Gasteiger partial charge in [-0.25, -0.2) is 4.39 Å². The quantitative estimate of drug-likeness (QED) is 0.850. The Bertz CT molecular complexity index is 595. The van der Waals surface area contributed by atoms with Gasteiger partial charge in [0.25, 0.3) is 0 Å². The molecule has 21 heavy (non-hydrogen) atoms. The van der Waals surface area contributed by atoms with Crippen LogP contribution < -0.4 is 5.32 Å². The highest BCUT2D eigenvalue weighted by atomic mass is 19.1. The molecular formula is C18H20FNO. The fourth-order valence-electron chi connectivity index (χ4n) is 2.73. The molecule has 2 aromatic carbocycles. The second-order valence-electron chi connectivity index (χ2n) is 5.69. The van der Waals surface area contributed by atoms with E-state index in [2.05, 4.69) is 29.6 Å². The van der Waals surface area contributed by atoms with Crippen molar-refractivity contribution < 1.29 is 9.50 Å². The van der Waals surface area contributed by atoms with Crippen LogP contribution in [0, 0.1) is 11.7 Å². The van der Waals surface area contributed by atoms with Gasteiger partial charge in [-0.1, -0.05) is 36.4 Å². The molecule has 0 radical (unpaired) electrons. The normalized spacial score (nSPS) is 15.9. The molecule has 0 amide bonds. The van der Waals surface area contributed by atoms with Crippen molar-refractivity contribution in [2.75, 3.05) is 0 Å². The second-order valence-corrected chi connectivity index (χ2v) is 5.69. The minimum absolute atomic E-state index is 0.260. The lowest BCUT2D eigenvalue weighted by Crippen LogP contribution is -2.22. The van der Waals surface area contributed by atoms with E-state index in [1.807, 2.05) is 6.07 Å². The molecule has 0 bridgehead atoms. The minimum atomic E-state index is -0.344. The summed E-state index contributed by atoms with van der Waals surface area (Å²) in [7, 11) is 0. The van der Waals surface area contributed by atoms with E-state index in [0.29, 0.717) is 24.1 Å². The van der Waals surface area contributed by atoms with Gasteiger partial charge in [0.1, 0.15) is 5.82 Å². The summed E-state index contributed by atoms with van der Waals surface area (Å²) in [5.41, 5.74) is 2.67. The van der Waals surface area contributed by atoms with Crippen LogP contribution in [0.3, 0.4) is 0 Å². The third kappa shape index (κ3) is 3.49. The topological polar surface area (TPSA) is 32.3 Å². The Hall–Kier alpha value is -1.71. The number of aliphatic hydroxyl groups excluding tert-OH is 1. The van der Waals surface area contributed by atoms with Crippen LogP contribution in [0.25, 0.3) is 0 Å². The summed E-state index contributed by atoms with van der Waals surface area (Å²) in [5, 5.41) is 12.7. The molecular weight excluding hydrogens is 265 g/mol. The molecule has 0 saturated heterocycles. The van der Waals surface area contributed by atoms with Crippen molar-refractivity contribution in [3.63, 3.8) is 0 Å². The van der Waals surface area contributed by atoms with Gasteiger partial charge >= 0.3 is 0 Å². The molecule has 1 saturated carbocycles. The maximum Gasteiger partial charge on any atom is 0.128 e. The highest BCUT2D eigenvalue weighted by Gasteiger charge is 2.31. The van der Waals surface area contributed by atoms with Crippen molar-refractivity contribution in [3.8, 4) is 0 Å². The lowest BCUT2D eigenvalue weighted by atomic mass is 10.0. The highest BCUT2D eigenvalue weighted by molar-refractivity contribution is 5.26. The Morgan fingerprint density at radius 3 is 2.57 bits per heavy atom. The predicted molar refractivity (Wildman–Crippen MR) is 81.1 cm³/mol. The number of hydrogen-bond donors (Lipinski definition) is 2. The Labute approximate surface area is 124 Å². The molecule has 1 fully saturated rings. The average Bonchev–Trinajstić information content (AvgIpc) is 3.35. The molecule has 2 N–H and O–H groups in total. The standard InChI is InChI=1S/C18H20FNO/c19-17-9-6-13(10-16(17)12-21)11-20-18(15-7-8-15)14-4-2-1-3-5-14/h1-6,9-10,15,18,20-21H,7-8,11-12H2. The number of benzene rings is 2. The highest BCUT2D eigenvalue weighted by Crippen LogP contribution is 2.41. The largest absolute Gasteiger partial charge is 0.392 e. The number of aliphatic hydroxyl groups is 1. The van der Waals surface area contributed by atoms with Crippen LogP contribution in [0.15, 0.2) is 48.5 Å². The first-order chi connectivity index (χ1) is 10.3. The minimum Gasteiger partial charge on any atom is -0.392 e. The van der Waals surface area contributed by atoms with Gasteiger partial charge in [-0.2, -0.15) is 0 Å². The molecule has 0 heterocycles. The van der Waals surface area contributed by atoms with Crippen LogP contribution in [-0.4, -0.2) is 5.11 Å². The number of hydrogen-bond acceptors (Lipinski definition) is 2. The molecule has 110 valence electrons. The van der Waals surface area contributed by atoms with E-state index >= 15 is 0 Å². The van der Waals surface area contributed by atoms with Gasteiger partial charge in [0, 0.05) is 18.2 Å². The molecule has 1 aliphatic carbocycles. The number of rotatable bonds is 6. The van der Waals surface area contributed by atoms with Crippen molar-refractivity contribution in [1.82, 2.24) is 5.32 Å². The van der Waals surface area contributed by atoms with Crippen molar-refractivity contribution in [2.45, 2.75) is 32.0 Å². The van der Waals surface area contributed by atoms with Crippen LogP contribution in [0.4, 0.5) is 4.39 Å². The average molecular weight is 285 g/mol. The van der Waals surface area contributed by atoms with Crippen molar-refractivity contribution in [1.29, 1.82) is 0 Å². The van der Waals surface area contributed by atoms with Crippen LogP contribution in [0.5, 0.6) is 0 Å². The number of halogens is 1. The van der Waals surface area contributed by atoms with Gasteiger partial charge in [-0.05, 0) is 42.0 Å². The molecule has 1 aliphatic rings. The summed E-state index contributed by atoms with van der Waals surface area (Å²) >= 11 is 0. The Kier molecular flexibility index (Phi) is 4.32. The van der Waals surface area contributed by atoms with Gasteiger partial charge in [-0.3, -0.25) is 0 Å². The lowest BCUT2D eigenvalue weighted by molar-refractivity contribution is 0.275. The maximum atomic E-state index is 13.4. The summed E-state index contributed by atoms with van der Waals surface area (Å²) < 4.78 is 13.4. The van der Waals surface area contributed by atoms with E-state index in [0.717, 1.165) is 5.56 Å². The lowest BCUT2D eigenvalue weighted by Gasteiger charge is -2.19. The third-order valence-electron chi connectivity index (χ3n) is 4.06. The molecule has 2 aromatic rings. The summed E-state index contributed by atoms with van der Waals surface area (Å²) in [6.45, 7) is 0.424. The monoisotopic (exact) mass is 285 g/mol. The van der Waals surface area contributed by atoms with Gasteiger partial charge < -0.3 is 10.4 Å². The predicted octanol–water partition coefficient (Wildman–Crippen LogP) is 3.56. The molecule has 0 spiro atoms. The zero-order valence-corrected chi connectivity index (χ0v) is 11.9. The van der Waals surface area contributed by atoms with E-state index in [4.69, 9.17) is 5.11 Å². The first-order valence-corrected chi connectivity index (χ1v) is 7.44. The molecule has 3 rings (SSSR count). The van der Waals surface area contributed by atoms with Gasteiger partial charge in [0.15, 0.2) is 0 Å². The number of nitrogens with one attached hydrogen (secondary N) is 1. The van der Waals surface area contributed by atoms with E-state index in [-0.39, 0.29) is 12.4 Å². The summed E-state index contributed by atoms with van der Waals surface area (Å²) in [6, 6.07) is 15.8. The van der Waals surface area contributed by atoms with E-state index in [1.165, 1.54) is 24.5 Å². The van der Waals surface area contributed by atoms with Crippen LogP contribution in [-0.2, 0) is 13.2 Å². The van der Waals surface area contributed by atoms with E-state index in [9.17, 15) is 4.39 Å². The summed E-state index contributed by atoms with van der Waals surface area (Å²) in [5.74, 6) is 0.355. The second kappa shape index (κ2) is 6.37. The molecule has 3 heteroatoms. The van der Waals surface area contributed by atoms with Crippen LogP contribution in [0.1, 0.15) is 35.6 Å². The first-order valence-electron chi connectivity index (χ1n) is 7.44. The van der Waals surface area contributed by atoms with E-state index < -0.39 is 0 Å². The van der Waals surface area contributed by atoms with Gasteiger partial charge in [0.05, 0.1) is 6.61 Å². The molecule has 0 aliphatic heterocycles. The van der Waals surface area contributed by atoms with Crippen LogP contribution >= 0.6 is 0 Å². The van der Waals surface area contributed by atoms with Crippen molar-refractivity contribution in [3.05, 3.63) is 71.0 Å². The Balaban J connectivity index is 1.70. The van der Waals surface area contributed by atoms with E-state index in [1.54, 1.807) is 12.1 Å². The fourth-order valence-corrected chi connectivity index (χ4v) is 2.73. The molecule has 1 atom stereocenters. The summed E-state index contributed by atoms with van der Waals surface area (Å²) in [6.07, 6.45) is 2.52. The van der Waals surface area contributed by atoms with Crippen molar-refractivity contribution >= 4 is 0 Å².